The third-order valence-corrected chi connectivity index (χ3v) is 1.71. The highest BCUT2D eigenvalue weighted by Gasteiger charge is 2.14. The van der Waals surface area contributed by atoms with Gasteiger partial charge >= 0.3 is 5.97 Å². The molecule has 4 nitrogen and oxygen atoms in total. The highest BCUT2D eigenvalue weighted by atomic mass is 35.5. The van der Waals surface area contributed by atoms with Gasteiger partial charge < -0.3 is 4.74 Å². The van der Waals surface area contributed by atoms with E-state index in [4.69, 9.17) is 16.3 Å². The van der Waals surface area contributed by atoms with E-state index in [-0.39, 0.29) is 16.8 Å². The summed E-state index contributed by atoms with van der Waals surface area (Å²) in [6, 6.07) is 1.56. The number of halogens is 1. The molecule has 0 aromatic carbocycles. The van der Waals surface area contributed by atoms with Gasteiger partial charge in [0.1, 0.15) is 5.56 Å². The van der Waals surface area contributed by atoms with Crippen molar-refractivity contribution in [3.63, 3.8) is 0 Å². The first-order valence-electron chi connectivity index (χ1n) is 4.21. The second kappa shape index (κ2) is 4.37. The molecule has 1 rings (SSSR count). The van der Waals surface area contributed by atoms with Crippen molar-refractivity contribution in [3.05, 3.63) is 22.5 Å². The molecule has 1 heterocycles. The maximum absolute atomic E-state index is 11.5. The molecule has 0 fully saturated rings. The Morgan fingerprint density at radius 1 is 1.50 bits per heavy atom. The molecule has 14 heavy (non-hydrogen) atoms. The molecule has 0 spiro atoms. The predicted molar refractivity (Wildman–Crippen MR) is 52.3 cm³/mol. The molecule has 5 heteroatoms. The molecule has 0 saturated heterocycles. The zero-order valence-corrected chi connectivity index (χ0v) is 9.00. The summed E-state index contributed by atoms with van der Waals surface area (Å²) in [5.74, 6) is -0.469. The van der Waals surface area contributed by atoms with Gasteiger partial charge in [0.15, 0.2) is 5.15 Å². The van der Waals surface area contributed by atoms with Crippen molar-refractivity contribution in [1.82, 2.24) is 10.2 Å². The summed E-state index contributed by atoms with van der Waals surface area (Å²) in [4.78, 5) is 11.5. The van der Waals surface area contributed by atoms with E-state index in [0.717, 1.165) is 0 Å². The number of ether oxygens (including phenoxy) is 1. The van der Waals surface area contributed by atoms with Crippen LogP contribution < -0.4 is 0 Å². The van der Waals surface area contributed by atoms with Crippen LogP contribution in [0.15, 0.2) is 6.07 Å². The van der Waals surface area contributed by atoms with E-state index in [9.17, 15) is 4.79 Å². The second-order valence-electron chi connectivity index (χ2n) is 3.14. The van der Waals surface area contributed by atoms with Crippen molar-refractivity contribution >= 4 is 17.6 Å². The number of hydrogen-bond acceptors (Lipinski definition) is 4. The lowest BCUT2D eigenvalue weighted by Gasteiger charge is -2.08. The number of hydrogen-bond donors (Lipinski definition) is 0. The van der Waals surface area contributed by atoms with E-state index in [1.165, 1.54) is 0 Å². The van der Waals surface area contributed by atoms with Crippen LogP contribution in [0.2, 0.25) is 5.15 Å². The Hall–Kier alpha value is -1.16. The van der Waals surface area contributed by atoms with E-state index in [0.29, 0.717) is 5.69 Å². The SMILES string of the molecule is Cc1cc(C(=O)OC(C)C)c(Cl)nn1. The largest absolute Gasteiger partial charge is 0.459 e. The van der Waals surface area contributed by atoms with Gasteiger partial charge in [-0.2, -0.15) is 5.10 Å². The number of esters is 1. The summed E-state index contributed by atoms with van der Waals surface area (Å²) in [7, 11) is 0. The number of carbonyl (C=O) groups excluding carboxylic acids is 1. The minimum absolute atomic E-state index is 0.0706. The van der Waals surface area contributed by atoms with Gasteiger partial charge in [-0.3, -0.25) is 0 Å². The van der Waals surface area contributed by atoms with Crippen molar-refractivity contribution in [2.75, 3.05) is 0 Å². The van der Waals surface area contributed by atoms with E-state index in [1.807, 2.05) is 0 Å². The minimum atomic E-state index is -0.469. The summed E-state index contributed by atoms with van der Waals surface area (Å²) in [6.07, 6.45) is -0.174. The molecule has 0 unspecified atom stereocenters. The maximum atomic E-state index is 11.5. The second-order valence-corrected chi connectivity index (χ2v) is 3.50. The molecule has 0 amide bonds. The monoisotopic (exact) mass is 214 g/mol. The van der Waals surface area contributed by atoms with Gasteiger partial charge in [0, 0.05) is 0 Å². The fraction of sp³-hybridized carbons (Fsp3) is 0.444. The van der Waals surface area contributed by atoms with Crippen molar-refractivity contribution < 1.29 is 9.53 Å². The molecule has 0 aliphatic rings. The normalized spacial score (nSPS) is 10.4. The molecular weight excluding hydrogens is 204 g/mol. The van der Waals surface area contributed by atoms with E-state index in [2.05, 4.69) is 10.2 Å². The summed E-state index contributed by atoms with van der Waals surface area (Å²) in [5, 5.41) is 7.40. The lowest BCUT2D eigenvalue weighted by molar-refractivity contribution is 0.0377. The minimum Gasteiger partial charge on any atom is -0.459 e. The third-order valence-electron chi connectivity index (χ3n) is 1.43. The van der Waals surface area contributed by atoms with Crippen LogP contribution in [-0.2, 0) is 4.74 Å². The van der Waals surface area contributed by atoms with Crippen molar-refractivity contribution in [2.45, 2.75) is 26.9 Å². The molecule has 0 saturated carbocycles. The molecule has 0 aliphatic heterocycles. The molecule has 0 bridgehead atoms. The van der Waals surface area contributed by atoms with Crippen LogP contribution in [0, 0.1) is 6.92 Å². The first-order valence-corrected chi connectivity index (χ1v) is 4.59. The first kappa shape index (κ1) is 10.9. The topological polar surface area (TPSA) is 52.1 Å². The Morgan fingerprint density at radius 2 is 2.14 bits per heavy atom. The molecule has 0 atom stereocenters. The predicted octanol–water partition coefficient (Wildman–Crippen LogP) is 2.00. The number of carbonyl (C=O) groups is 1. The van der Waals surface area contributed by atoms with Crippen LogP contribution >= 0.6 is 11.6 Å². The Morgan fingerprint density at radius 3 is 2.71 bits per heavy atom. The number of nitrogens with zero attached hydrogens (tertiary/aromatic N) is 2. The van der Waals surface area contributed by atoms with E-state index < -0.39 is 5.97 Å². The van der Waals surface area contributed by atoms with Crippen molar-refractivity contribution in [3.8, 4) is 0 Å². The Bertz CT molecular complexity index is 353. The number of rotatable bonds is 2. The highest BCUT2D eigenvalue weighted by molar-refractivity contribution is 6.32. The number of aryl methyl sites for hydroxylation is 1. The fourth-order valence-electron chi connectivity index (χ4n) is 0.895. The molecule has 0 radical (unpaired) electrons. The average molecular weight is 215 g/mol. The zero-order valence-electron chi connectivity index (χ0n) is 8.24. The van der Waals surface area contributed by atoms with Crippen LogP contribution in [0.5, 0.6) is 0 Å². The van der Waals surface area contributed by atoms with E-state index >= 15 is 0 Å². The molecule has 76 valence electrons. The molecule has 1 aromatic heterocycles. The van der Waals surface area contributed by atoms with Crippen LogP contribution in [0.4, 0.5) is 0 Å². The zero-order chi connectivity index (χ0) is 10.7. The lowest BCUT2D eigenvalue weighted by atomic mass is 10.2. The fourth-order valence-corrected chi connectivity index (χ4v) is 1.06. The first-order chi connectivity index (χ1) is 6.50. The maximum Gasteiger partial charge on any atom is 0.341 e. The Balaban J connectivity index is 2.94. The molecule has 1 aromatic rings. The average Bonchev–Trinajstić information content (AvgIpc) is 2.08. The van der Waals surface area contributed by atoms with E-state index in [1.54, 1.807) is 26.8 Å². The summed E-state index contributed by atoms with van der Waals surface area (Å²) in [5.41, 5.74) is 0.887. The summed E-state index contributed by atoms with van der Waals surface area (Å²) in [6.45, 7) is 5.27. The van der Waals surface area contributed by atoms with Crippen LogP contribution in [-0.4, -0.2) is 22.3 Å². The van der Waals surface area contributed by atoms with Gasteiger partial charge in [-0.05, 0) is 26.8 Å². The lowest BCUT2D eigenvalue weighted by Crippen LogP contribution is -2.13. The molecule has 0 aliphatic carbocycles. The van der Waals surface area contributed by atoms with Gasteiger partial charge in [-0.1, -0.05) is 11.6 Å². The van der Waals surface area contributed by atoms with Crippen LogP contribution in [0.3, 0.4) is 0 Å². The summed E-state index contributed by atoms with van der Waals surface area (Å²) < 4.78 is 4.98. The third kappa shape index (κ3) is 2.67. The Kier molecular flexibility index (Phi) is 3.41. The standard InChI is InChI=1S/C9H11ClN2O2/c1-5(2)14-9(13)7-4-6(3)11-12-8(7)10/h4-5H,1-3H3. The molecular formula is C9H11ClN2O2. The molecule has 0 N–H and O–H groups in total. The Labute approximate surface area is 87.2 Å². The van der Waals surface area contributed by atoms with Gasteiger partial charge in [-0.25, -0.2) is 4.79 Å². The smallest absolute Gasteiger partial charge is 0.341 e. The number of aromatic nitrogens is 2. The van der Waals surface area contributed by atoms with Gasteiger partial charge in [-0.15, -0.1) is 5.10 Å². The quantitative estimate of drug-likeness (QED) is 0.707. The van der Waals surface area contributed by atoms with Crippen LogP contribution in [0.1, 0.15) is 29.9 Å². The van der Waals surface area contributed by atoms with Gasteiger partial charge in [0.05, 0.1) is 11.8 Å². The summed E-state index contributed by atoms with van der Waals surface area (Å²) >= 11 is 5.70. The highest BCUT2D eigenvalue weighted by Crippen LogP contribution is 2.14. The van der Waals surface area contributed by atoms with Crippen molar-refractivity contribution in [1.29, 1.82) is 0 Å². The van der Waals surface area contributed by atoms with Gasteiger partial charge in [0.25, 0.3) is 0 Å². The van der Waals surface area contributed by atoms with Gasteiger partial charge in [0.2, 0.25) is 0 Å². The van der Waals surface area contributed by atoms with Crippen LogP contribution in [0.25, 0.3) is 0 Å². The van der Waals surface area contributed by atoms with Crippen molar-refractivity contribution in [2.24, 2.45) is 0 Å².